The molecule has 3 unspecified atom stereocenters. The molecule has 8 heteroatoms. The number of hydrogen-bond acceptors (Lipinski definition) is 6. The Morgan fingerprint density at radius 1 is 1.07 bits per heavy atom. The summed E-state index contributed by atoms with van der Waals surface area (Å²) >= 11 is 0. The Labute approximate surface area is 156 Å². The Kier molecular flexibility index (Phi) is 4.22. The van der Waals surface area contributed by atoms with Gasteiger partial charge in [0.1, 0.15) is 6.04 Å². The normalized spacial score (nSPS) is 28.4. The zero-order chi connectivity index (χ0) is 19.3. The molecule has 3 aliphatic rings. The fourth-order valence-electron chi connectivity index (χ4n) is 4.05. The van der Waals surface area contributed by atoms with Gasteiger partial charge < -0.3 is 10.6 Å². The molecule has 4 rings (SSSR count). The molecule has 0 spiro atoms. The van der Waals surface area contributed by atoms with Crippen molar-refractivity contribution in [1.29, 1.82) is 0 Å². The summed E-state index contributed by atoms with van der Waals surface area (Å²) in [7, 11) is 0. The lowest BCUT2D eigenvalue weighted by atomic mass is 9.94. The second-order valence-corrected chi connectivity index (χ2v) is 7.55. The molecule has 1 aromatic rings. The van der Waals surface area contributed by atoms with E-state index in [2.05, 4.69) is 17.1 Å². The number of carbonyl (C=O) groups is 4. The van der Waals surface area contributed by atoms with Crippen LogP contribution in [0.3, 0.4) is 0 Å². The van der Waals surface area contributed by atoms with E-state index in [4.69, 9.17) is 5.73 Å². The van der Waals surface area contributed by atoms with Gasteiger partial charge in [0.2, 0.25) is 11.8 Å². The molecule has 3 aliphatic heterocycles. The molecule has 0 aromatic heterocycles. The number of piperidine rings is 2. The fourth-order valence-corrected chi connectivity index (χ4v) is 4.05. The van der Waals surface area contributed by atoms with Crippen molar-refractivity contribution >= 4 is 29.3 Å². The lowest BCUT2D eigenvalue weighted by Gasteiger charge is -2.36. The predicted molar refractivity (Wildman–Crippen MR) is 97.1 cm³/mol. The first-order valence-electron chi connectivity index (χ1n) is 9.23. The Bertz CT molecular complexity index is 852. The van der Waals surface area contributed by atoms with Crippen LogP contribution in [0.5, 0.6) is 0 Å². The van der Waals surface area contributed by atoms with E-state index in [0.29, 0.717) is 17.0 Å². The van der Waals surface area contributed by atoms with Gasteiger partial charge in [0, 0.05) is 31.2 Å². The topological polar surface area (TPSA) is 113 Å². The Morgan fingerprint density at radius 3 is 2.52 bits per heavy atom. The van der Waals surface area contributed by atoms with Gasteiger partial charge in [-0.15, -0.1) is 0 Å². The number of carbonyl (C=O) groups excluding carboxylic acids is 4. The molecule has 1 aromatic carbocycles. The van der Waals surface area contributed by atoms with Crippen LogP contribution in [-0.2, 0) is 9.59 Å². The minimum atomic E-state index is -0.938. The van der Waals surface area contributed by atoms with E-state index in [1.54, 1.807) is 12.1 Å². The number of imide groups is 2. The summed E-state index contributed by atoms with van der Waals surface area (Å²) in [6.07, 6.45) is 1.14. The molecule has 3 atom stereocenters. The molecule has 8 nitrogen and oxygen atoms in total. The first-order chi connectivity index (χ1) is 12.9. The average molecular weight is 370 g/mol. The number of amides is 4. The van der Waals surface area contributed by atoms with Crippen LogP contribution in [0.15, 0.2) is 18.2 Å². The van der Waals surface area contributed by atoms with Crippen LogP contribution in [0.1, 0.15) is 46.9 Å². The van der Waals surface area contributed by atoms with E-state index in [1.807, 2.05) is 6.07 Å². The molecule has 0 aliphatic carbocycles. The van der Waals surface area contributed by atoms with Gasteiger partial charge in [-0.05, 0) is 37.0 Å². The smallest absolute Gasteiger partial charge is 0.262 e. The molecule has 4 amide bonds. The standard InChI is InChI=1S/C19H22N4O4/c1-10-9-22(7-6-14(10)20)11-2-3-12-13(8-11)19(27)23(18(12)26)15-4-5-16(24)21-17(15)25/h2-3,8,10,14-15H,4-7,9,20H2,1H3,(H,21,24,25). The molecule has 0 bridgehead atoms. The van der Waals surface area contributed by atoms with Gasteiger partial charge >= 0.3 is 0 Å². The highest BCUT2D eigenvalue weighted by molar-refractivity contribution is 6.23. The average Bonchev–Trinajstić information content (AvgIpc) is 2.88. The van der Waals surface area contributed by atoms with Gasteiger partial charge in [0.25, 0.3) is 11.8 Å². The summed E-state index contributed by atoms with van der Waals surface area (Å²) in [4.78, 5) is 52.2. The fraction of sp³-hybridized carbons (Fsp3) is 0.474. The monoisotopic (exact) mass is 370 g/mol. The molecule has 0 radical (unpaired) electrons. The highest BCUT2D eigenvalue weighted by atomic mass is 16.2. The Morgan fingerprint density at radius 2 is 1.81 bits per heavy atom. The Balaban J connectivity index is 1.60. The van der Waals surface area contributed by atoms with Crippen LogP contribution in [0.4, 0.5) is 5.69 Å². The third kappa shape index (κ3) is 2.90. The van der Waals surface area contributed by atoms with Crippen molar-refractivity contribution in [2.24, 2.45) is 11.7 Å². The van der Waals surface area contributed by atoms with Crippen LogP contribution in [0.25, 0.3) is 0 Å². The van der Waals surface area contributed by atoms with Gasteiger partial charge in [0.15, 0.2) is 0 Å². The predicted octanol–water partition coefficient (Wildman–Crippen LogP) is 0.261. The van der Waals surface area contributed by atoms with Crippen LogP contribution in [-0.4, -0.2) is 53.7 Å². The summed E-state index contributed by atoms with van der Waals surface area (Å²) < 4.78 is 0. The number of hydrogen-bond donors (Lipinski definition) is 2. The van der Waals surface area contributed by atoms with E-state index in [0.717, 1.165) is 30.1 Å². The molecule has 3 heterocycles. The summed E-state index contributed by atoms with van der Waals surface area (Å²) in [5.41, 5.74) is 7.56. The number of nitrogens with two attached hydrogens (primary N) is 1. The maximum atomic E-state index is 12.9. The minimum absolute atomic E-state index is 0.112. The number of nitrogens with one attached hydrogen (secondary N) is 1. The first kappa shape index (κ1) is 17.7. The van der Waals surface area contributed by atoms with E-state index in [9.17, 15) is 19.2 Å². The molecule has 27 heavy (non-hydrogen) atoms. The summed E-state index contributed by atoms with van der Waals surface area (Å²) in [5.74, 6) is -1.60. The molecular formula is C19H22N4O4. The SMILES string of the molecule is CC1CN(c2ccc3c(c2)C(=O)N(C2CCC(=O)NC2=O)C3=O)CCC1N. The van der Waals surface area contributed by atoms with Crippen molar-refractivity contribution in [1.82, 2.24) is 10.2 Å². The lowest BCUT2D eigenvalue weighted by Crippen LogP contribution is -2.54. The third-order valence-electron chi connectivity index (χ3n) is 5.76. The first-order valence-corrected chi connectivity index (χ1v) is 9.23. The number of benzene rings is 1. The summed E-state index contributed by atoms with van der Waals surface area (Å²) in [5, 5.41) is 2.20. The van der Waals surface area contributed by atoms with E-state index < -0.39 is 23.8 Å². The zero-order valence-electron chi connectivity index (χ0n) is 15.1. The molecule has 142 valence electrons. The second-order valence-electron chi connectivity index (χ2n) is 7.55. The third-order valence-corrected chi connectivity index (χ3v) is 5.76. The molecule has 2 fully saturated rings. The number of nitrogens with zero attached hydrogens (tertiary/aromatic N) is 2. The van der Waals surface area contributed by atoms with Gasteiger partial charge in [-0.25, -0.2) is 0 Å². The number of fused-ring (bicyclic) bond motifs is 1. The van der Waals surface area contributed by atoms with Crippen molar-refractivity contribution in [3.8, 4) is 0 Å². The summed E-state index contributed by atoms with van der Waals surface area (Å²) in [6, 6.07) is 4.44. The van der Waals surface area contributed by atoms with Crippen molar-refractivity contribution in [2.45, 2.75) is 38.3 Å². The van der Waals surface area contributed by atoms with Crippen LogP contribution >= 0.6 is 0 Å². The highest BCUT2D eigenvalue weighted by Crippen LogP contribution is 2.32. The van der Waals surface area contributed by atoms with E-state index >= 15 is 0 Å². The van der Waals surface area contributed by atoms with Crippen molar-refractivity contribution < 1.29 is 19.2 Å². The molecule has 0 saturated carbocycles. The molecule has 3 N–H and O–H groups in total. The van der Waals surface area contributed by atoms with Gasteiger partial charge in [-0.3, -0.25) is 29.4 Å². The maximum Gasteiger partial charge on any atom is 0.262 e. The van der Waals surface area contributed by atoms with E-state index in [-0.39, 0.29) is 24.8 Å². The van der Waals surface area contributed by atoms with Gasteiger partial charge in [0.05, 0.1) is 11.1 Å². The molecule has 2 saturated heterocycles. The zero-order valence-corrected chi connectivity index (χ0v) is 15.1. The number of anilines is 1. The van der Waals surface area contributed by atoms with E-state index in [1.165, 1.54) is 0 Å². The largest absolute Gasteiger partial charge is 0.371 e. The van der Waals surface area contributed by atoms with Crippen molar-refractivity contribution in [3.05, 3.63) is 29.3 Å². The van der Waals surface area contributed by atoms with Crippen LogP contribution in [0, 0.1) is 5.92 Å². The number of rotatable bonds is 2. The Hall–Kier alpha value is -2.74. The lowest BCUT2D eigenvalue weighted by molar-refractivity contribution is -0.136. The van der Waals surface area contributed by atoms with Gasteiger partial charge in [-0.2, -0.15) is 0 Å². The molecular weight excluding hydrogens is 348 g/mol. The quantitative estimate of drug-likeness (QED) is 0.722. The van der Waals surface area contributed by atoms with Crippen LogP contribution < -0.4 is 16.0 Å². The second kappa shape index (κ2) is 6.45. The van der Waals surface area contributed by atoms with Crippen molar-refractivity contribution in [3.63, 3.8) is 0 Å². The minimum Gasteiger partial charge on any atom is -0.371 e. The highest BCUT2D eigenvalue weighted by Gasteiger charge is 2.44. The van der Waals surface area contributed by atoms with Crippen molar-refractivity contribution in [2.75, 3.05) is 18.0 Å². The van der Waals surface area contributed by atoms with Gasteiger partial charge in [-0.1, -0.05) is 6.92 Å². The maximum absolute atomic E-state index is 12.9. The summed E-state index contributed by atoms with van der Waals surface area (Å²) in [6.45, 7) is 3.69. The van der Waals surface area contributed by atoms with Crippen LogP contribution in [0.2, 0.25) is 0 Å².